The maximum Gasteiger partial charge on any atom is 0.0510 e. The molecule has 1 aromatic rings. The first-order chi connectivity index (χ1) is 25.9. The van der Waals surface area contributed by atoms with Crippen LogP contribution in [0.2, 0.25) is 0 Å². The highest BCUT2D eigenvalue weighted by Crippen LogP contribution is 2.64. The van der Waals surface area contributed by atoms with Crippen molar-refractivity contribution in [2.24, 2.45) is 22.2 Å². The fourth-order valence-corrected chi connectivity index (χ4v) is 9.14. The summed E-state index contributed by atoms with van der Waals surface area (Å²) in [4.78, 5) is 0. The molecule has 0 fully saturated rings. The van der Waals surface area contributed by atoms with Crippen LogP contribution in [0.3, 0.4) is 0 Å². The molecule has 1 nitrogen and oxygen atoms in total. The lowest BCUT2D eigenvalue weighted by Gasteiger charge is -2.57. The van der Waals surface area contributed by atoms with Gasteiger partial charge >= 0.3 is 0 Å². The summed E-state index contributed by atoms with van der Waals surface area (Å²) in [5.74, 6) is 0.813. The molecule has 0 bridgehead atoms. The average molecular weight is 758 g/mol. The Balaban J connectivity index is -0.00000223. The Kier molecular flexibility index (Phi) is 27.7. The number of nitrogens with one attached hydrogen (secondary N) is 1. The lowest BCUT2D eigenvalue weighted by atomic mass is 9.47. The van der Waals surface area contributed by atoms with Gasteiger partial charge in [0.25, 0.3) is 0 Å². The quantitative estimate of drug-likeness (QED) is 0.175. The maximum absolute atomic E-state index is 4.88. The van der Waals surface area contributed by atoms with Crippen molar-refractivity contribution in [2.45, 2.75) is 202 Å². The van der Waals surface area contributed by atoms with Crippen LogP contribution in [0, 0.1) is 29.1 Å². The monoisotopic (exact) mass is 758 g/mol. The molecule has 1 heteroatoms. The molecular weight excluding hydrogens is 663 g/mol. The predicted octanol–water partition coefficient (Wildman–Crippen LogP) is 18.4. The van der Waals surface area contributed by atoms with Crippen molar-refractivity contribution < 1.29 is 0 Å². The number of benzene rings is 1. The number of allylic oxidation sites excluding steroid dienone is 7. The van der Waals surface area contributed by atoms with Gasteiger partial charge in [0.2, 0.25) is 0 Å². The van der Waals surface area contributed by atoms with Crippen LogP contribution in [0.5, 0.6) is 0 Å². The molecule has 2 aliphatic carbocycles. The van der Waals surface area contributed by atoms with Crippen LogP contribution in [0.1, 0.15) is 205 Å². The zero-order valence-corrected chi connectivity index (χ0v) is 41.0. The summed E-state index contributed by atoms with van der Waals surface area (Å²) in [5, 5.41) is 4.02. The minimum Gasteiger partial charge on any atom is -0.378 e. The van der Waals surface area contributed by atoms with Gasteiger partial charge in [0, 0.05) is 5.69 Å². The molecule has 0 aliphatic heterocycles. The van der Waals surface area contributed by atoms with Gasteiger partial charge in [-0.1, -0.05) is 173 Å². The maximum atomic E-state index is 4.88. The van der Waals surface area contributed by atoms with E-state index in [9.17, 15) is 0 Å². The van der Waals surface area contributed by atoms with Gasteiger partial charge < -0.3 is 5.32 Å². The van der Waals surface area contributed by atoms with E-state index in [4.69, 9.17) is 13.2 Å². The molecule has 0 amide bonds. The third-order valence-electron chi connectivity index (χ3n) is 12.1. The number of anilines is 1. The van der Waals surface area contributed by atoms with Crippen molar-refractivity contribution in [3.8, 4) is 0 Å². The van der Waals surface area contributed by atoms with E-state index >= 15 is 0 Å². The number of hydrogen-bond donors (Lipinski definition) is 1. The molecule has 5 unspecified atom stereocenters. The molecule has 3 rings (SSSR count). The average Bonchev–Trinajstić information content (AvgIpc) is 3.16. The lowest BCUT2D eigenvalue weighted by Crippen LogP contribution is -2.48. The van der Waals surface area contributed by atoms with E-state index in [2.05, 4.69) is 153 Å². The Hall–Kier alpha value is -2.80. The predicted molar refractivity (Wildman–Crippen MR) is 260 cm³/mol. The summed E-state index contributed by atoms with van der Waals surface area (Å²) in [7, 11) is 0. The van der Waals surface area contributed by atoms with Gasteiger partial charge in [-0.05, 0) is 145 Å². The van der Waals surface area contributed by atoms with Gasteiger partial charge in [0.15, 0.2) is 0 Å². The van der Waals surface area contributed by atoms with E-state index in [-0.39, 0.29) is 16.2 Å². The molecular formula is C54H95N. The Morgan fingerprint density at radius 1 is 0.927 bits per heavy atom. The normalized spacial score (nSPS) is 23.6. The van der Waals surface area contributed by atoms with Crippen molar-refractivity contribution in [2.75, 3.05) is 5.32 Å². The molecule has 1 aromatic carbocycles. The van der Waals surface area contributed by atoms with E-state index in [1.807, 2.05) is 41.5 Å². The van der Waals surface area contributed by atoms with E-state index < -0.39 is 0 Å². The van der Waals surface area contributed by atoms with Crippen LogP contribution >= 0.6 is 0 Å². The van der Waals surface area contributed by atoms with Crippen LogP contribution in [0.4, 0.5) is 5.69 Å². The van der Waals surface area contributed by atoms with Gasteiger partial charge in [-0.3, -0.25) is 0 Å². The highest BCUT2D eigenvalue weighted by Gasteiger charge is 2.54. The van der Waals surface area contributed by atoms with E-state index in [1.165, 1.54) is 62.2 Å². The summed E-state index contributed by atoms with van der Waals surface area (Å²) in [6.07, 6.45) is 14.6. The first-order valence-electron chi connectivity index (χ1n) is 22.3. The number of hydrogen-bond acceptors (Lipinski definition) is 1. The summed E-state index contributed by atoms with van der Waals surface area (Å²) in [6, 6.07) is 2.78. The fourth-order valence-electron chi connectivity index (χ4n) is 9.14. The molecule has 0 saturated carbocycles. The molecule has 1 N–H and O–H groups in total. The summed E-state index contributed by atoms with van der Waals surface area (Å²) in [5.41, 5.74) is 15.2. The van der Waals surface area contributed by atoms with Gasteiger partial charge in [-0.2, -0.15) is 0 Å². The van der Waals surface area contributed by atoms with Crippen LogP contribution in [0.15, 0.2) is 85.1 Å². The Morgan fingerprint density at radius 2 is 1.44 bits per heavy atom. The van der Waals surface area contributed by atoms with Gasteiger partial charge in [-0.15, -0.1) is 13.2 Å². The van der Waals surface area contributed by atoms with Crippen LogP contribution < -0.4 is 5.32 Å². The van der Waals surface area contributed by atoms with Crippen LogP contribution in [-0.4, -0.2) is 6.04 Å². The van der Waals surface area contributed by atoms with Crippen LogP contribution in [0.25, 0.3) is 5.57 Å². The summed E-state index contributed by atoms with van der Waals surface area (Å²) in [6.45, 7) is 66.7. The largest absolute Gasteiger partial charge is 0.378 e. The molecule has 0 spiro atoms. The Labute approximate surface area is 347 Å². The SMILES string of the molecule is C=C.C=C(C)C1=C(C)CC(C)(CC2(C)Cc3c(C(C)C)cc(NC(CCC)C(/C=C\C)=C/C)c(C)c3C(=C)C2C)C(C)(CC)C1=C.CC.CC.CC.CCC. The second-order valence-electron chi connectivity index (χ2n) is 16.2. The Bertz CT molecular complexity index is 1430. The highest BCUT2D eigenvalue weighted by atomic mass is 14.9. The standard InChI is InChI=1S/C43H65N.C3H8.3C2H6.C2H4/c1-17-21-34(19-3)37(22-18-2)44-38-23-35(27(5)6)36-25-41(14,32(12)30(10)40(36)31(38)11)26-42(15)24-29(9)39(28(7)8)33(13)43(42,16)20-4;1-3-2;4*1-2/h17,19,21,23,27,32,37,44H,7,10,13,18,20,22,24-26H2,1-6,8-9,11-12,14-16H3;3H2,1-2H3;3*1-2H3;1-2H2/b21-17-,34-19+;;;;;. The summed E-state index contributed by atoms with van der Waals surface area (Å²) >= 11 is 0. The van der Waals surface area contributed by atoms with Crippen LogP contribution in [-0.2, 0) is 6.42 Å². The fraction of sp³-hybridized carbons (Fsp3) is 0.630. The highest BCUT2D eigenvalue weighted by molar-refractivity contribution is 5.79. The molecule has 0 saturated heterocycles. The smallest absolute Gasteiger partial charge is 0.0510 e. The first kappa shape index (κ1) is 56.5. The zero-order valence-electron chi connectivity index (χ0n) is 41.0. The third kappa shape index (κ3) is 13.1. The zero-order chi connectivity index (χ0) is 44.1. The molecule has 55 heavy (non-hydrogen) atoms. The van der Waals surface area contributed by atoms with E-state index in [1.54, 1.807) is 0 Å². The molecule has 2 aliphatic rings. The number of fused-ring (bicyclic) bond motifs is 1. The van der Waals surface area contributed by atoms with Gasteiger partial charge in [0.05, 0.1) is 6.04 Å². The minimum absolute atomic E-state index is 0.0153. The van der Waals surface area contributed by atoms with Crippen molar-refractivity contribution in [1.29, 1.82) is 0 Å². The molecule has 5 atom stereocenters. The first-order valence-corrected chi connectivity index (χ1v) is 22.3. The van der Waals surface area contributed by atoms with Gasteiger partial charge in [-0.25, -0.2) is 0 Å². The van der Waals surface area contributed by atoms with Gasteiger partial charge in [0.1, 0.15) is 0 Å². The van der Waals surface area contributed by atoms with Crippen molar-refractivity contribution in [1.82, 2.24) is 0 Å². The molecule has 0 aromatic heterocycles. The van der Waals surface area contributed by atoms with Crippen molar-refractivity contribution in [3.63, 3.8) is 0 Å². The number of rotatable bonds is 11. The molecule has 0 radical (unpaired) electrons. The third-order valence-corrected chi connectivity index (χ3v) is 12.1. The second-order valence-corrected chi connectivity index (χ2v) is 16.2. The second kappa shape index (κ2) is 26.9. The Morgan fingerprint density at radius 3 is 1.84 bits per heavy atom. The summed E-state index contributed by atoms with van der Waals surface area (Å²) < 4.78 is 0. The topological polar surface area (TPSA) is 12.0 Å². The minimum atomic E-state index is 0.0153. The van der Waals surface area contributed by atoms with Crippen molar-refractivity contribution >= 4 is 11.3 Å². The molecule has 0 heterocycles. The lowest BCUT2D eigenvalue weighted by molar-refractivity contribution is 0.0200. The van der Waals surface area contributed by atoms with E-state index in [0.29, 0.717) is 17.9 Å². The van der Waals surface area contributed by atoms with E-state index in [0.717, 1.165) is 44.1 Å². The van der Waals surface area contributed by atoms with Crippen molar-refractivity contribution in [3.05, 3.63) is 107 Å². The molecule has 316 valence electrons.